The lowest BCUT2D eigenvalue weighted by atomic mass is 9.91. The van der Waals surface area contributed by atoms with Crippen LogP contribution in [0.4, 0.5) is 0 Å². The highest BCUT2D eigenvalue weighted by molar-refractivity contribution is 5.41. The van der Waals surface area contributed by atoms with E-state index in [1.807, 2.05) is 6.20 Å². The number of pyridine rings is 1. The molecule has 0 spiro atoms. The Morgan fingerprint density at radius 2 is 1.84 bits per heavy atom. The Bertz CT molecular complexity index is 817. The largest absolute Gasteiger partial charge is 0.490 e. The highest BCUT2D eigenvalue weighted by Gasteiger charge is 2.32. The van der Waals surface area contributed by atoms with E-state index in [0.29, 0.717) is 12.1 Å². The quantitative estimate of drug-likeness (QED) is 0.642. The Labute approximate surface area is 188 Å². The molecule has 0 bridgehead atoms. The maximum absolute atomic E-state index is 6.65. The molecule has 1 fully saturated rings. The van der Waals surface area contributed by atoms with Crippen LogP contribution in [0.2, 0.25) is 0 Å². The molecule has 0 aliphatic carbocycles. The van der Waals surface area contributed by atoms with Crippen molar-refractivity contribution < 1.29 is 4.74 Å². The average Bonchev–Trinajstić information content (AvgIpc) is 2.77. The van der Waals surface area contributed by atoms with Crippen molar-refractivity contribution in [1.82, 2.24) is 19.7 Å². The second-order valence-electron chi connectivity index (χ2n) is 9.46. The third kappa shape index (κ3) is 5.85. The number of piperidine rings is 1. The molecule has 1 aromatic heterocycles. The molecule has 0 saturated carbocycles. The van der Waals surface area contributed by atoms with Gasteiger partial charge in [0.15, 0.2) is 0 Å². The lowest BCUT2D eigenvalue weighted by molar-refractivity contribution is 0.105. The number of nitrogens with zero attached hydrogens (tertiary/aromatic N) is 4. The molecule has 1 saturated heterocycles. The predicted molar refractivity (Wildman–Crippen MR) is 126 cm³/mol. The van der Waals surface area contributed by atoms with E-state index in [-0.39, 0.29) is 0 Å². The van der Waals surface area contributed by atoms with E-state index in [1.54, 1.807) is 0 Å². The smallest absolute Gasteiger partial charge is 0.127 e. The van der Waals surface area contributed by atoms with Crippen LogP contribution in [0.15, 0.2) is 42.6 Å². The zero-order chi connectivity index (χ0) is 21.6. The number of benzene rings is 1. The Kier molecular flexibility index (Phi) is 7.59. The van der Waals surface area contributed by atoms with Crippen LogP contribution >= 0.6 is 0 Å². The third-order valence-corrected chi connectivity index (χ3v) is 6.71. The fraction of sp³-hybridized carbons (Fsp3) is 0.577. The highest BCUT2D eigenvalue weighted by atomic mass is 16.5. The number of rotatable bonds is 8. The minimum Gasteiger partial charge on any atom is -0.490 e. The van der Waals surface area contributed by atoms with Crippen molar-refractivity contribution >= 4 is 0 Å². The first-order valence-corrected chi connectivity index (χ1v) is 11.9. The molecule has 31 heavy (non-hydrogen) atoms. The van der Waals surface area contributed by atoms with Gasteiger partial charge in [-0.25, -0.2) is 0 Å². The number of likely N-dealkylation sites (tertiary alicyclic amines) is 1. The standard InChI is InChI=1S/C26H38N4O/c1-28(2)16-7-10-24-26-23(14-19-30(24)20-21-8-5-4-6-9-21)27-15-11-25(26)31-22-12-17-29(3)18-13-22/h4-6,8-9,11,15,22,24H,7,10,12-14,16-20H2,1-3H3. The molecular weight excluding hydrogens is 384 g/mol. The molecule has 1 atom stereocenters. The molecule has 3 heterocycles. The Morgan fingerprint density at radius 1 is 1.06 bits per heavy atom. The van der Waals surface area contributed by atoms with E-state index in [4.69, 9.17) is 9.72 Å². The molecule has 0 radical (unpaired) electrons. The Hall–Kier alpha value is -1.95. The molecule has 2 aromatic rings. The Morgan fingerprint density at radius 3 is 2.58 bits per heavy atom. The van der Waals surface area contributed by atoms with Crippen molar-refractivity contribution in [2.45, 2.75) is 50.8 Å². The summed E-state index contributed by atoms with van der Waals surface area (Å²) >= 11 is 0. The second-order valence-corrected chi connectivity index (χ2v) is 9.46. The van der Waals surface area contributed by atoms with Gasteiger partial charge < -0.3 is 14.5 Å². The summed E-state index contributed by atoms with van der Waals surface area (Å²) in [6, 6.07) is 13.3. The van der Waals surface area contributed by atoms with Gasteiger partial charge in [-0.15, -0.1) is 0 Å². The maximum Gasteiger partial charge on any atom is 0.127 e. The summed E-state index contributed by atoms with van der Waals surface area (Å²) in [7, 11) is 6.52. The molecule has 1 aromatic carbocycles. The van der Waals surface area contributed by atoms with E-state index in [2.05, 4.69) is 72.2 Å². The first kappa shape index (κ1) is 22.3. The predicted octanol–water partition coefficient (Wildman–Crippen LogP) is 4.00. The monoisotopic (exact) mass is 422 g/mol. The summed E-state index contributed by atoms with van der Waals surface area (Å²) in [4.78, 5) is 12.1. The van der Waals surface area contributed by atoms with E-state index in [1.165, 1.54) is 23.2 Å². The number of hydrogen-bond donors (Lipinski definition) is 0. The van der Waals surface area contributed by atoms with Crippen molar-refractivity contribution in [3.63, 3.8) is 0 Å². The average molecular weight is 423 g/mol. The third-order valence-electron chi connectivity index (χ3n) is 6.71. The topological polar surface area (TPSA) is 31.8 Å². The van der Waals surface area contributed by atoms with Crippen molar-refractivity contribution in [2.75, 3.05) is 47.3 Å². The van der Waals surface area contributed by atoms with Crippen LogP contribution in [0.3, 0.4) is 0 Å². The molecule has 5 heteroatoms. The molecule has 168 valence electrons. The number of hydrogen-bond acceptors (Lipinski definition) is 5. The lowest BCUT2D eigenvalue weighted by Gasteiger charge is -2.39. The van der Waals surface area contributed by atoms with Crippen molar-refractivity contribution in [3.8, 4) is 5.75 Å². The molecule has 1 unspecified atom stereocenters. The van der Waals surface area contributed by atoms with Gasteiger partial charge in [0.25, 0.3) is 0 Å². The van der Waals surface area contributed by atoms with Gasteiger partial charge in [0.05, 0.1) is 5.69 Å². The number of aromatic nitrogens is 1. The maximum atomic E-state index is 6.65. The highest BCUT2D eigenvalue weighted by Crippen LogP contribution is 2.40. The normalized spacial score (nSPS) is 20.7. The first-order valence-electron chi connectivity index (χ1n) is 11.9. The molecule has 5 nitrogen and oxygen atoms in total. The summed E-state index contributed by atoms with van der Waals surface area (Å²) in [6.45, 7) is 5.37. The lowest BCUT2D eigenvalue weighted by Crippen LogP contribution is -2.38. The first-order chi connectivity index (χ1) is 15.1. The van der Waals surface area contributed by atoms with Crippen LogP contribution in [0.1, 0.15) is 48.5 Å². The molecule has 0 amide bonds. The van der Waals surface area contributed by atoms with E-state index >= 15 is 0 Å². The zero-order valence-electron chi connectivity index (χ0n) is 19.5. The van der Waals surface area contributed by atoms with Crippen LogP contribution < -0.4 is 4.74 Å². The molecular formula is C26H38N4O. The van der Waals surface area contributed by atoms with Gasteiger partial charge in [0.1, 0.15) is 11.9 Å². The summed E-state index contributed by atoms with van der Waals surface area (Å²) in [5, 5.41) is 0. The SMILES string of the molecule is CN(C)CCCC1c2c(OC3CCN(C)CC3)ccnc2CCN1Cc1ccccc1. The minimum atomic E-state index is 0.314. The summed E-state index contributed by atoms with van der Waals surface area (Å²) in [5.41, 5.74) is 3.97. The van der Waals surface area contributed by atoms with Gasteiger partial charge in [-0.1, -0.05) is 30.3 Å². The Balaban J connectivity index is 1.58. The van der Waals surface area contributed by atoms with Gasteiger partial charge >= 0.3 is 0 Å². The minimum absolute atomic E-state index is 0.314. The van der Waals surface area contributed by atoms with Crippen molar-refractivity contribution in [2.24, 2.45) is 0 Å². The van der Waals surface area contributed by atoms with Crippen LogP contribution in [0.25, 0.3) is 0 Å². The van der Waals surface area contributed by atoms with Gasteiger partial charge in [-0.3, -0.25) is 9.88 Å². The van der Waals surface area contributed by atoms with Gasteiger partial charge in [0.2, 0.25) is 0 Å². The fourth-order valence-corrected chi connectivity index (χ4v) is 4.96. The number of fused-ring (bicyclic) bond motifs is 1. The van der Waals surface area contributed by atoms with Gasteiger partial charge in [-0.05, 0) is 65.0 Å². The molecule has 4 rings (SSSR count). The van der Waals surface area contributed by atoms with E-state index in [9.17, 15) is 0 Å². The van der Waals surface area contributed by atoms with Gasteiger partial charge in [-0.2, -0.15) is 0 Å². The molecule has 2 aliphatic heterocycles. The molecule has 2 aliphatic rings. The van der Waals surface area contributed by atoms with Crippen LogP contribution in [-0.4, -0.2) is 73.1 Å². The molecule has 0 N–H and O–H groups in total. The van der Waals surface area contributed by atoms with Crippen molar-refractivity contribution in [1.29, 1.82) is 0 Å². The second kappa shape index (κ2) is 10.6. The summed E-state index contributed by atoms with van der Waals surface area (Å²) in [6.07, 6.45) is 7.77. The number of ether oxygens (including phenoxy) is 1. The van der Waals surface area contributed by atoms with Crippen LogP contribution in [-0.2, 0) is 13.0 Å². The summed E-state index contributed by atoms with van der Waals surface area (Å²) < 4.78 is 6.65. The van der Waals surface area contributed by atoms with Crippen molar-refractivity contribution in [3.05, 3.63) is 59.4 Å². The van der Waals surface area contributed by atoms with Crippen LogP contribution in [0.5, 0.6) is 5.75 Å². The summed E-state index contributed by atoms with van der Waals surface area (Å²) in [5.74, 6) is 1.08. The fourth-order valence-electron chi connectivity index (χ4n) is 4.96. The zero-order valence-corrected chi connectivity index (χ0v) is 19.5. The van der Waals surface area contributed by atoms with Crippen LogP contribution in [0, 0.1) is 0 Å². The van der Waals surface area contributed by atoms with E-state index in [0.717, 1.165) is 64.2 Å². The van der Waals surface area contributed by atoms with Gasteiger partial charge in [0, 0.05) is 50.4 Å². The van der Waals surface area contributed by atoms with E-state index < -0.39 is 0 Å².